The van der Waals surface area contributed by atoms with Gasteiger partial charge in [-0.15, -0.1) is 10.2 Å². The lowest BCUT2D eigenvalue weighted by Crippen LogP contribution is -2.35. The SMILES string of the molecule is Cn1ccnc1-c1ccc(NCC2COc3ccccc3O2)nn1. The quantitative estimate of drug-likeness (QED) is 0.793. The first kappa shape index (κ1) is 14.5. The summed E-state index contributed by atoms with van der Waals surface area (Å²) in [5.41, 5.74) is 0.735. The standard InChI is InChI=1S/C17H17N5O2/c1-22-9-8-18-17(22)13-6-7-16(21-20-13)19-10-12-11-23-14-4-2-3-5-15(14)24-12/h2-9,12H,10-11H2,1H3,(H,19,21). The van der Waals surface area contributed by atoms with Crippen LogP contribution in [0.2, 0.25) is 0 Å². The van der Waals surface area contributed by atoms with E-state index in [1.165, 1.54) is 0 Å². The maximum atomic E-state index is 5.90. The van der Waals surface area contributed by atoms with Gasteiger partial charge in [0, 0.05) is 19.4 Å². The van der Waals surface area contributed by atoms with Crippen LogP contribution in [0.4, 0.5) is 5.82 Å². The van der Waals surface area contributed by atoms with Gasteiger partial charge in [-0.2, -0.15) is 0 Å². The molecule has 4 rings (SSSR count). The Morgan fingerprint density at radius 3 is 2.79 bits per heavy atom. The highest BCUT2D eigenvalue weighted by Gasteiger charge is 2.20. The number of imidazole rings is 1. The van der Waals surface area contributed by atoms with Crippen molar-refractivity contribution in [2.45, 2.75) is 6.10 Å². The Labute approximate surface area is 139 Å². The number of fused-ring (bicyclic) bond motifs is 1. The van der Waals surface area contributed by atoms with Crippen molar-refractivity contribution in [2.24, 2.45) is 7.05 Å². The van der Waals surface area contributed by atoms with Crippen LogP contribution in [-0.2, 0) is 7.05 Å². The van der Waals surface area contributed by atoms with E-state index in [4.69, 9.17) is 9.47 Å². The molecule has 1 aromatic carbocycles. The smallest absolute Gasteiger partial charge is 0.161 e. The van der Waals surface area contributed by atoms with Crippen LogP contribution in [-0.4, -0.2) is 39.0 Å². The first-order valence-electron chi connectivity index (χ1n) is 7.73. The fraction of sp³-hybridized carbons (Fsp3) is 0.235. The molecule has 2 aromatic heterocycles. The van der Waals surface area contributed by atoms with Gasteiger partial charge in [-0.25, -0.2) is 4.98 Å². The second-order valence-corrected chi connectivity index (χ2v) is 5.54. The number of aromatic nitrogens is 4. The summed E-state index contributed by atoms with van der Waals surface area (Å²) in [4.78, 5) is 4.26. The molecule has 3 aromatic rings. The highest BCUT2D eigenvalue weighted by Crippen LogP contribution is 2.30. The maximum absolute atomic E-state index is 5.90. The zero-order valence-corrected chi connectivity index (χ0v) is 13.2. The molecule has 0 radical (unpaired) electrons. The molecule has 0 fully saturated rings. The van der Waals surface area contributed by atoms with Gasteiger partial charge >= 0.3 is 0 Å². The highest BCUT2D eigenvalue weighted by molar-refractivity contribution is 5.51. The van der Waals surface area contributed by atoms with Crippen molar-refractivity contribution in [2.75, 3.05) is 18.5 Å². The zero-order valence-electron chi connectivity index (χ0n) is 13.2. The van der Waals surface area contributed by atoms with Gasteiger partial charge in [-0.3, -0.25) is 0 Å². The second-order valence-electron chi connectivity index (χ2n) is 5.54. The number of anilines is 1. The molecule has 1 aliphatic rings. The van der Waals surface area contributed by atoms with E-state index in [0.29, 0.717) is 19.0 Å². The number of nitrogens with one attached hydrogen (secondary N) is 1. The summed E-state index contributed by atoms with van der Waals surface area (Å²) < 4.78 is 13.5. The molecule has 1 atom stereocenters. The topological polar surface area (TPSA) is 74.1 Å². The summed E-state index contributed by atoms with van der Waals surface area (Å²) in [6, 6.07) is 11.4. The van der Waals surface area contributed by atoms with Crippen LogP contribution in [0.5, 0.6) is 11.5 Å². The van der Waals surface area contributed by atoms with E-state index in [9.17, 15) is 0 Å². The molecular formula is C17H17N5O2. The van der Waals surface area contributed by atoms with Gasteiger partial charge in [0.2, 0.25) is 0 Å². The van der Waals surface area contributed by atoms with E-state index < -0.39 is 0 Å². The van der Waals surface area contributed by atoms with Crippen LogP contribution in [0.15, 0.2) is 48.8 Å². The van der Waals surface area contributed by atoms with Crippen molar-refractivity contribution in [1.29, 1.82) is 0 Å². The van der Waals surface area contributed by atoms with Crippen LogP contribution >= 0.6 is 0 Å². The Kier molecular flexibility index (Phi) is 3.74. The van der Waals surface area contributed by atoms with Crippen LogP contribution in [0.25, 0.3) is 11.5 Å². The average Bonchev–Trinajstić information content (AvgIpc) is 3.06. The lowest BCUT2D eigenvalue weighted by molar-refractivity contribution is 0.0997. The summed E-state index contributed by atoms with van der Waals surface area (Å²) in [5.74, 6) is 3.03. The third-order valence-corrected chi connectivity index (χ3v) is 3.79. The summed E-state index contributed by atoms with van der Waals surface area (Å²) in [6.07, 6.45) is 3.54. The van der Waals surface area contributed by atoms with Crippen molar-refractivity contribution in [1.82, 2.24) is 19.7 Å². The van der Waals surface area contributed by atoms with Crippen molar-refractivity contribution < 1.29 is 9.47 Å². The van der Waals surface area contributed by atoms with E-state index in [1.807, 2.05) is 54.2 Å². The van der Waals surface area contributed by atoms with Crippen LogP contribution in [0, 0.1) is 0 Å². The van der Waals surface area contributed by atoms with Crippen molar-refractivity contribution >= 4 is 5.82 Å². The number of benzene rings is 1. The van der Waals surface area contributed by atoms with Gasteiger partial charge in [0.25, 0.3) is 0 Å². The first-order chi connectivity index (χ1) is 11.8. The molecule has 7 heteroatoms. The molecule has 24 heavy (non-hydrogen) atoms. The Balaban J connectivity index is 1.38. The molecule has 3 heterocycles. The predicted molar refractivity (Wildman–Crippen MR) is 89.1 cm³/mol. The van der Waals surface area contributed by atoms with E-state index >= 15 is 0 Å². The third kappa shape index (κ3) is 2.88. The number of nitrogens with zero attached hydrogens (tertiary/aromatic N) is 4. The first-order valence-corrected chi connectivity index (χ1v) is 7.73. The minimum Gasteiger partial charge on any atom is -0.486 e. The Morgan fingerprint density at radius 2 is 2.04 bits per heavy atom. The Hall–Kier alpha value is -3.09. The van der Waals surface area contributed by atoms with Crippen LogP contribution in [0.1, 0.15) is 0 Å². The van der Waals surface area contributed by atoms with E-state index in [2.05, 4.69) is 20.5 Å². The zero-order chi connectivity index (χ0) is 16.4. The van der Waals surface area contributed by atoms with E-state index in [-0.39, 0.29) is 6.10 Å². The van der Waals surface area contributed by atoms with Crippen molar-refractivity contribution in [3.63, 3.8) is 0 Å². The normalized spacial score (nSPS) is 16.0. The van der Waals surface area contributed by atoms with Crippen LogP contribution < -0.4 is 14.8 Å². The maximum Gasteiger partial charge on any atom is 0.161 e. The van der Waals surface area contributed by atoms with Gasteiger partial charge < -0.3 is 19.4 Å². The number of hydrogen-bond acceptors (Lipinski definition) is 6. The molecule has 122 valence electrons. The second kappa shape index (κ2) is 6.19. The summed E-state index contributed by atoms with van der Waals surface area (Å²) in [7, 11) is 1.93. The van der Waals surface area contributed by atoms with E-state index in [0.717, 1.165) is 23.0 Å². The Bertz CT molecular complexity index is 831. The summed E-state index contributed by atoms with van der Waals surface area (Å²) in [5, 5.41) is 11.6. The van der Waals surface area contributed by atoms with E-state index in [1.54, 1.807) is 6.20 Å². The van der Waals surface area contributed by atoms with Gasteiger partial charge in [0.1, 0.15) is 24.2 Å². The van der Waals surface area contributed by atoms with Crippen LogP contribution in [0.3, 0.4) is 0 Å². The number of rotatable bonds is 4. The number of para-hydroxylation sites is 2. The number of hydrogen-bond donors (Lipinski definition) is 1. The molecule has 7 nitrogen and oxygen atoms in total. The molecule has 0 bridgehead atoms. The monoisotopic (exact) mass is 323 g/mol. The molecule has 0 amide bonds. The van der Waals surface area contributed by atoms with Gasteiger partial charge in [0.05, 0.1) is 6.54 Å². The minimum atomic E-state index is -0.0732. The molecular weight excluding hydrogens is 306 g/mol. The van der Waals surface area contributed by atoms with Gasteiger partial charge in [0.15, 0.2) is 17.3 Å². The van der Waals surface area contributed by atoms with Gasteiger partial charge in [-0.05, 0) is 24.3 Å². The lowest BCUT2D eigenvalue weighted by Gasteiger charge is -2.26. The fourth-order valence-corrected chi connectivity index (χ4v) is 2.54. The number of aryl methyl sites for hydroxylation is 1. The molecule has 1 unspecified atom stereocenters. The Morgan fingerprint density at radius 1 is 1.17 bits per heavy atom. The highest BCUT2D eigenvalue weighted by atomic mass is 16.6. The molecule has 1 N–H and O–H groups in total. The molecule has 0 saturated carbocycles. The fourth-order valence-electron chi connectivity index (χ4n) is 2.54. The molecule has 0 aliphatic carbocycles. The van der Waals surface area contributed by atoms with Crippen molar-refractivity contribution in [3.8, 4) is 23.0 Å². The van der Waals surface area contributed by atoms with Gasteiger partial charge in [-0.1, -0.05) is 12.1 Å². The molecule has 1 aliphatic heterocycles. The average molecular weight is 323 g/mol. The molecule has 0 spiro atoms. The predicted octanol–water partition coefficient (Wildman–Crippen LogP) is 2.13. The summed E-state index contributed by atoms with van der Waals surface area (Å²) >= 11 is 0. The number of ether oxygens (including phenoxy) is 2. The third-order valence-electron chi connectivity index (χ3n) is 3.79. The largest absolute Gasteiger partial charge is 0.486 e. The van der Waals surface area contributed by atoms with Crippen molar-refractivity contribution in [3.05, 3.63) is 48.8 Å². The minimum absolute atomic E-state index is 0.0732. The lowest BCUT2D eigenvalue weighted by atomic mass is 10.2. The summed E-state index contributed by atoms with van der Waals surface area (Å²) in [6.45, 7) is 1.09. The molecule has 0 saturated heterocycles.